The third-order valence-electron chi connectivity index (χ3n) is 5.17. The van der Waals surface area contributed by atoms with Gasteiger partial charge < -0.3 is 25.4 Å². The van der Waals surface area contributed by atoms with Gasteiger partial charge in [0.2, 0.25) is 0 Å². The second-order valence-electron chi connectivity index (χ2n) is 9.69. The molecule has 2 fully saturated rings. The van der Waals surface area contributed by atoms with Gasteiger partial charge in [-0.2, -0.15) is 11.8 Å². The van der Waals surface area contributed by atoms with Crippen LogP contribution in [0.3, 0.4) is 0 Å². The molecule has 0 aromatic heterocycles. The number of thioether (sulfide) groups is 1. The van der Waals surface area contributed by atoms with Gasteiger partial charge in [0.25, 0.3) is 0 Å². The smallest absolute Gasteiger partial charge is 0.408 e. The van der Waals surface area contributed by atoms with Crippen LogP contribution in [0, 0.1) is 0 Å². The van der Waals surface area contributed by atoms with Gasteiger partial charge in [0.15, 0.2) is 5.96 Å². The summed E-state index contributed by atoms with van der Waals surface area (Å²) in [7, 11) is 0. The molecule has 2 heterocycles. The Morgan fingerprint density at radius 2 is 1.87 bits per heavy atom. The molecule has 0 bridgehead atoms. The largest absolute Gasteiger partial charge is 0.444 e. The van der Waals surface area contributed by atoms with Gasteiger partial charge in [-0.3, -0.25) is 9.89 Å². The van der Waals surface area contributed by atoms with Crippen molar-refractivity contribution in [3.05, 3.63) is 0 Å². The van der Waals surface area contributed by atoms with E-state index in [0.29, 0.717) is 6.54 Å². The van der Waals surface area contributed by atoms with Crippen molar-refractivity contribution in [2.75, 3.05) is 57.4 Å². The molecule has 3 N–H and O–H groups in total. The van der Waals surface area contributed by atoms with Crippen molar-refractivity contribution >= 4 is 47.8 Å². The van der Waals surface area contributed by atoms with Crippen LogP contribution < -0.4 is 16.0 Å². The molecule has 0 aromatic rings. The number of morpholine rings is 1. The molecule has 2 aliphatic rings. The van der Waals surface area contributed by atoms with Gasteiger partial charge in [-0.1, -0.05) is 0 Å². The summed E-state index contributed by atoms with van der Waals surface area (Å²) in [5.41, 5.74) is -0.891. The molecule has 0 radical (unpaired) electrons. The molecule has 1 atom stereocenters. The third-order valence-corrected chi connectivity index (χ3v) is 6.40. The molecule has 182 valence electrons. The van der Waals surface area contributed by atoms with Crippen LogP contribution in [0.25, 0.3) is 0 Å². The molecule has 10 heteroatoms. The molecular formula is C21H42IN5O3S. The predicted octanol–water partition coefficient (Wildman–Crippen LogP) is 2.67. The van der Waals surface area contributed by atoms with E-state index in [9.17, 15) is 4.79 Å². The standard InChI is InChI=1S/C21H41N5O3S.HI/c1-7-22-17(23-14-20(5,6)25-18(27)29-19(2,3)4)24-15-21(8-13-30-16-21)26-9-11-28-12-10-26;/h7-16H2,1-6H3,(H,25,27)(H2,22,23,24);1H. The average molecular weight is 572 g/mol. The summed E-state index contributed by atoms with van der Waals surface area (Å²) in [6.45, 7) is 17.2. The van der Waals surface area contributed by atoms with E-state index in [1.165, 1.54) is 12.2 Å². The Bertz CT molecular complexity index is 586. The Balaban J connectivity index is 0.00000480. The van der Waals surface area contributed by atoms with Gasteiger partial charge in [0.05, 0.1) is 25.3 Å². The highest BCUT2D eigenvalue weighted by molar-refractivity contribution is 14.0. The fourth-order valence-corrected chi connectivity index (χ4v) is 5.10. The van der Waals surface area contributed by atoms with Crippen molar-refractivity contribution in [3.8, 4) is 0 Å². The summed E-state index contributed by atoms with van der Waals surface area (Å²) in [5, 5.41) is 9.82. The Morgan fingerprint density at radius 1 is 1.19 bits per heavy atom. The Morgan fingerprint density at radius 3 is 2.42 bits per heavy atom. The number of alkyl carbamates (subject to hydrolysis) is 1. The maximum atomic E-state index is 12.1. The minimum atomic E-state index is -0.521. The maximum Gasteiger partial charge on any atom is 0.408 e. The number of rotatable bonds is 7. The van der Waals surface area contributed by atoms with Crippen molar-refractivity contribution in [1.29, 1.82) is 0 Å². The zero-order valence-corrected chi connectivity index (χ0v) is 23.2. The number of aliphatic imine (C=N–C) groups is 1. The molecule has 8 nitrogen and oxygen atoms in total. The van der Waals surface area contributed by atoms with E-state index in [0.717, 1.165) is 51.1 Å². The first-order valence-corrected chi connectivity index (χ1v) is 12.1. The first kappa shape index (κ1) is 28.6. The molecule has 0 aromatic carbocycles. The Labute approximate surface area is 209 Å². The van der Waals surface area contributed by atoms with Gasteiger partial charge in [0.1, 0.15) is 5.60 Å². The number of halogens is 1. The highest BCUT2D eigenvalue weighted by Crippen LogP contribution is 2.33. The van der Waals surface area contributed by atoms with E-state index in [1.54, 1.807) is 0 Å². The van der Waals surface area contributed by atoms with Gasteiger partial charge in [-0.05, 0) is 53.7 Å². The van der Waals surface area contributed by atoms with Crippen molar-refractivity contribution in [3.63, 3.8) is 0 Å². The summed E-state index contributed by atoms with van der Waals surface area (Å²) in [6, 6.07) is 0. The quantitative estimate of drug-likeness (QED) is 0.246. The van der Waals surface area contributed by atoms with Gasteiger partial charge >= 0.3 is 6.09 Å². The molecule has 2 saturated heterocycles. The van der Waals surface area contributed by atoms with Crippen LogP contribution in [0.4, 0.5) is 4.79 Å². The van der Waals surface area contributed by atoms with Crippen LogP contribution in [0.1, 0.15) is 48.0 Å². The monoisotopic (exact) mass is 571 g/mol. The Kier molecular flexibility index (Phi) is 11.7. The summed E-state index contributed by atoms with van der Waals surface area (Å²) in [4.78, 5) is 19.5. The van der Waals surface area contributed by atoms with E-state index >= 15 is 0 Å². The van der Waals surface area contributed by atoms with E-state index < -0.39 is 17.2 Å². The Hall–Kier alpha value is -0.460. The number of carbonyl (C=O) groups excluding carboxylic acids is 1. The zero-order valence-electron chi connectivity index (χ0n) is 20.0. The van der Waals surface area contributed by atoms with E-state index in [-0.39, 0.29) is 29.5 Å². The number of nitrogens with zero attached hydrogens (tertiary/aromatic N) is 2. The molecule has 2 aliphatic heterocycles. The van der Waals surface area contributed by atoms with E-state index in [2.05, 4.69) is 27.8 Å². The van der Waals surface area contributed by atoms with Crippen molar-refractivity contribution in [2.45, 2.75) is 64.6 Å². The molecule has 1 amide bonds. The number of hydrogen-bond acceptors (Lipinski definition) is 6. The van der Waals surface area contributed by atoms with Crippen molar-refractivity contribution in [2.24, 2.45) is 4.99 Å². The molecule has 0 spiro atoms. The molecule has 1 unspecified atom stereocenters. The molecule has 0 saturated carbocycles. The first-order chi connectivity index (χ1) is 14.1. The van der Waals surface area contributed by atoms with Crippen molar-refractivity contribution < 1.29 is 14.3 Å². The summed E-state index contributed by atoms with van der Waals surface area (Å²) in [6.07, 6.45) is 0.755. The van der Waals surface area contributed by atoms with E-state index in [4.69, 9.17) is 14.5 Å². The summed E-state index contributed by atoms with van der Waals surface area (Å²) < 4.78 is 10.9. The molecule has 0 aliphatic carbocycles. The fourth-order valence-electron chi connectivity index (χ4n) is 3.62. The lowest BCUT2D eigenvalue weighted by Gasteiger charge is -2.43. The molecule has 2 rings (SSSR count). The second-order valence-corrected chi connectivity index (χ2v) is 10.8. The fraction of sp³-hybridized carbons (Fsp3) is 0.905. The van der Waals surface area contributed by atoms with Gasteiger partial charge in [-0.25, -0.2) is 4.79 Å². The lowest BCUT2D eigenvalue weighted by atomic mass is 9.95. The summed E-state index contributed by atoms with van der Waals surface area (Å²) in [5.74, 6) is 3.10. The highest BCUT2D eigenvalue weighted by atomic mass is 127. The number of guanidine groups is 1. The normalized spacial score (nSPS) is 23.1. The van der Waals surface area contributed by atoms with Crippen LogP contribution >= 0.6 is 35.7 Å². The van der Waals surface area contributed by atoms with Crippen LogP contribution in [-0.2, 0) is 9.47 Å². The topological polar surface area (TPSA) is 87.2 Å². The predicted molar refractivity (Wildman–Crippen MR) is 140 cm³/mol. The lowest BCUT2D eigenvalue weighted by molar-refractivity contribution is -0.0120. The van der Waals surface area contributed by atoms with Crippen LogP contribution in [0.5, 0.6) is 0 Å². The lowest BCUT2D eigenvalue weighted by Crippen LogP contribution is -2.60. The average Bonchev–Trinajstić information content (AvgIpc) is 3.13. The number of carbonyl (C=O) groups is 1. The summed E-state index contributed by atoms with van der Waals surface area (Å²) >= 11 is 2.02. The number of hydrogen-bond donors (Lipinski definition) is 3. The third kappa shape index (κ3) is 9.91. The second kappa shape index (κ2) is 12.7. The van der Waals surface area contributed by atoms with Crippen LogP contribution in [0.15, 0.2) is 4.99 Å². The maximum absolute atomic E-state index is 12.1. The van der Waals surface area contributed by atoms with Crippen LogP contribution in [0.2, 0.25) is 0 Å². The molecular weight excluding hydrogens is 529 g/mol. The minimum Gasteiger partial charge on any atom is -0.444 e. The first-order valence-electron chi connectivity index (χ1n) is 11.0. The number of nitrogens with one attached hydrogen (secondary N) is 3. The van der Waals surface area contributed by atoms with Crippen molar-refractivity contribution in [1.82, 2.24) is 20.9 Å². The van der Waals surface area contributed by atoms with E-state index in [1.807, 2.05) is 46.4 Å². The zero-order chi connectivity index (χ0) is 22.3. The minimum absolute atomic E-state index is 0. The SMILES string of the molecule is CCNC(=NCC(C)(C)NC(=O)OC(C)(C)C)NCC1(N2CCOCC2)CCSC1.I. The molecule has 31 heavy (non-hydrogen) atoms. The number of amides is 1. The van der Waals surface area contributed by atoms with Gasteiger partial charge in [0, 0.05) is 37.5 Å². The van der Waals surface area contributed by atoms with Gasteiger partial charge in [-0.15, -0.1) is 24.0 Å². The number of ether oxygens (including phenoxy) is 2. The van der Waals surface area contributed by atoms with Crippen LogP contribution in [-0.4, -0.2) is 91.1 Å². The highest BCUT2D eigenvalue weighted by Gasteiger charge is 2.40.